The largest absolute Gasteiger partial charge is 0.355 e. The maximum atomic E-state index is 11.8. The van der Waals surface area contributed by atoms with Gasteiger partial charge in [-0.3, -0.25) is 4.79 Å². The molecule has 0 aromatic heterocycles. The van der Waals surface area contributed by atoms with Gasteiger partial charge in [0, 0.05) is 25.0 Å². The van der Waals surface area contributed by atoms with Crippen molar-refractivity contribution in [2.45, 2.75) is 45.1 Å². The van der Waals surface area contributed by atoms with Crippen molar-refractivity contribution in [1.82, 2.24) is 10.2 Å². The van der Waals surface area contributed by atoms with Crippen LogP contribution in [0.5, 0.6) is 0 Å². The summed E-state index contributed by atoms with van der Waals surface area (Å²) in [5.74, 6) is 0.0963. The van der Waals surface area contributed by atoms with Crippen LogP contribution in [0.15, 0.2) is 0 Å². The van der Waals surface area contributed by atoms with Crippen LogP contribution in [0.25, 0.3) is 0 Å². The topological polar surface area (TPSA) is 58.4 Å². The van der Waals surface area contributed by atoms with Crippen LogP contribution in [0.1, 0.15) is 39.5 Å². The number of nitrogens with zero attached hydrogens (tertiary/aromatic N) is 1. The van der Waals surface area contributed by atoms with Gasteiger partial charge in [0.15, 0.2) is 0 Å². The number of nitrogens with two attached hydrogens (primary N) is 1. The Labute approximate surface area is 105 Å². The second kappa shape index (κ2) is 5.36. The molecule has 3 N–H and O–H groups in total. The summed E-state index contributed by atoms with van der Waals surface area (Å²) < 4.78 is 0. The van der Waals surface area contributed by atoms with E-state index >= 15 is 0 Å². The number of hydrogen-bond acceptors (Lipinski definition) is 3. The van der Waals surface area contributed by atoms with Gasteiger partial charge < -0.3 is 16.0 Å². The van der Waals surface area contributed by atoms with Crippen LogP contribution < -0.4 is 11.1 Å². The third-order valence-corrected chi connectivity index (χ3v) is 3.37. The normalized spacial score (nSPS) is 18.9. The van der Waals surface area contributed by atoms with E-state index in [1.54, 1.807) is 0 Å². The molecule has 0 aliphatic heterocycles. The predicted octanol–water partition coefficient (Wildman–Crippen LogP) is 0.962. The zero-order chi connectivity index (χ0) is 13.1. The molecule has 1 fully saturated rings. The number of hydrogen-bond donors (Lipinski definition) is 2. The van der Waals surface area contributed by atoms with Crippen molar-refractivity contribution in [3.8, 4) is 0 Å². The van der Waals surface area contributed by atoms with Crippen LogP contribution in [-0.2, 0) is 4.79 Å². The van der Waals surface area contributed by atoms with Gasteiger partial charge >= 0.3 is 0 Å². The van der Waals surface area contributed by atoms with Crippen molar-refractivity contribution >= 4 is 5.91 Å². The summed E-state index contributed by atoms with van der Waals surface area (Å²) in [7, 11) is 4.10. The average Bonchev–Trinajstić information content (AvgIpc) is 2.10. The van der Waals surface area contributed by atoms with Crippen molar-refractivity contribution in [2.24, 2.45) is 11.1 Å². The van der Waals surface area contributed by atoms with Gasteiger partial charge in [-0.2, -0.15) is 0 Å². The van der Waals surface area contributed by atoms with E-state index in [0.29, 0.717) is 13.0 Å². The van der Waals surface area contributed by atoms with Gasteiger partial charge in [-0.15, -0.1) is 0 Å². The van der Waals surface area contributed by atoms with Crippen LogP contribution in [0.3, 0.4) is 0 Å². The van der Waals surface area contributed by atoms with E-state index in [1.807, 2.05) is 14.1 Å². The minimum Gasteiger partial charge on any atom is -0.355 e. The maximum absolute atomic E-state index is 11.8. The fourth-order valence-corrected chi connectivity index (χ4v) is 2.44. The average molecular weight is 241 g/mol. The van der Waals surface area contributed by atoms with E-state index in [2.05, 4.69) is 24.1 Å². The molecule has 0 unspecified atom stereocenters. The predicted molar refractivity (Wildman–Crippen MR) is 70.7 cm³/mol. The lowest BCUT2D eigenvalue weighted by Gasteiger charge is -2.38. The summed E-state index contributed by atoms with van der Waals surface area (Å²) in [4.78, 5) is 13.9. The van der Waals surface area contributed by atoms with E-state index in [0.717, 1.165) is 25.8 Å². The molecule has 0 atom stereocenters. The summed E-state index contributed by atoms with van der Waals surface area (Å²) in [5, 5.41) is 3.01. The number of carbonyl (C=O) groups is 1. The molecule has 0 spiro atoms. The van der Waals surface area contributed by atoms with Gasteiger partial charge in [0.2, 0.25) is 5.91 Å². The first-order valence-corrected chi connectivity index (χ1v) is 6.43. The van der Waals surface area contributed by atoms with E-state index in [-0.39, 0.29) is 16.9 Å². The van der Waals surface area contributed by atoms with Crippen LogP contribution in [0.4, 0.5) is 0 Å². The van der Waals surface area contributed by atoms with Crippen molar-refractivity contribution in [3.05, 3.63) is 0 Å². The molecule has 0 heterocycles. The molecule has 1 aliphatic carbocycles. The van der Waals surface area contributed by atoms with Gasteiger partial charge in [-0.1, -0.05) is 13.8 Å². The summed E-state index contributed by atoms with van der Waals surface area (Å²) in [6.45, 7) is 5.99. The molecule has 0 bridgehead atoms. The minimum atomic E-state index is -0.213. The van der Waals surface area contributed by atoms with Crippen molar-refractivity contribution < 1.29 is 4.79 Å². The van der Waals surface area contributed by atoms with Crippen molar-refractivity contribution in [2.75, 3.05) is 27.2 Å². The van der Waals surface area contributed by atoms with Crippen LogP contribution in [0, 0.1) is 5.41 Å². The molecule has 1 rings (SSSR count). The fraction of sp³-hybridized carbons (Fsp3) is 0.923. The Hall–Kier alpha value is -0.610. The first-order chi connectivity index (χ1) is 7.72. The lowest BCUT2D eigenvalue weighted by molar-refractivity contribution is -0.123. The van der Waals surface area contributed by atoms with Crippen molar-refractivity contribution in [1.29, 1.82) is 0 Å². The number of amides is 1. The molecule has 0 saturated heterocycles. The minimum absolute atomic E-state index is 0.0963. The molecule has 0 radical (unpaired) electrons. The third kappa shape index (κ3) is 5.04. The zero-order valence-corrected chi connectivity index (χ0v) is 11.7. The first kappa shape index (κ1) is 14.5. The monoisotopic (exact) mass is 241 g/mol. The van der Waals surface area contributed by atoms with Gasteiger partial charge in [0.1, 0.15) is 0 Å². The maximum Gasteiger partial charge on any atom is 0.221 e. The molecule has 4 heteroatoms. The Bertz CT molecular complexity index is 270. The highest BCUT2D eigenvalue weighted by Crippen LogP contribution is 2.31. The second-order valence-electron chi connectivity index (χ2n) is 6.57. The number of carbonyl (C=O) groups excluding carboxylic acids is 1. The smallest absolute Gasteiger partial charge is 0.221 e. The highest BCUT2D eigenvalue weighted by Gasteiger charge is 2.34. The Morgan fingerprint density at radius 1 is 1.41 bits per heavy atom. The molecule has 1 amide bonds. The highest BCUT2D eigenvalue weighted by atomic mass is 16.1. The van der Waals surface area contributed by atoms with Crippen molar-refractivity contribution in [3.63, 3.8) is 0 Å². The lowest BCUT2D eigenvalue weighted by atomic mass is 9.75. The van der Waals surface area contributed by atoms with Crippen LogP contribution >= 0.6 is 0 Å². The summed E-state index contributed by atoms with van der Waals surface area (Å²) in [6, 6.07) is 0. The molecule has 1 saturated carbocycles. The van der Waals surface area contributed by atoms with Crippen LogP contribution in [-0.4, -0.2) is 43.5 Å². The van der Waals surface area contributed by atoms with Gasteiger partial charge in [0.05, 0.1) is 0 Å². The molecule has 17 heavy (non-hydrogen) atoms. The standard InChI is InChI=1S/C13H27N3O/c1-12(2,10-16(3)4)9-15-11(17)8-13(14)6-5-7-13/h5-10,14H2,1-4H3,(H,15,17). The van der Waals surface area contributed by atoms with E-state index in [9.17, 15) is 4.79 Å². The number of rotatable bonds is 6. The molecule has 0 aromatic carbocycles. The summed E-state index contributed by atoms with van der Waals surface area (Å²) in [6.07, 6.45) is 3.62. The first-order valence-electron chi connectivity index (χ1n) is 6.43. The highest BCUT2D eigenvalue weighted by molar-refractivity contribution is 5.77. The fourth-order valence-electron chi connectivity index (χ4n) is 2.44. The molecule has 1 aliphatic rings. The third-order valence-electron chi connectivity index (χ3n) is 3.37. The van der Waals surface area contributed by atoms with E-state index < -0.39 is 0 Å². The molecular formula is C13H27N3O. The molecule has 100 valence electrons. The summed E-state index contributed by atoms with van der Waals surface area (Å²) >= 11 is 0. The van der Waals surface area contributed by atoms with Gasteiger partial charge in [0.25, 0.3) is 0 Å². The lowest BCUT2D eigenvalue weighted by Crippen LogP contribution is -2.51. The summed E-state index contributed by atoms with van der Waals surface area (Å²) in [5.41, 5.74) is 5.94. The SMILES string of the molecule is CN(C)CC(C)(C)CNC(=O)CC1(N)CCC1. The van der Waals surface area contributed by atoms with Crippen LogP contribution in [0.2, 0.25) is 0 Å². The Balaban J connectivity index is 2.27. The Kier molecular flexibility index (Phi) is 4.55. The molecule has 0 aromatic rings. The Morgan fingerprint density at radius 3 is 2.41 bits per heavy atom. The van der Waals surface area contributed by atoms with E-state index in [1.165, 1.54) is 0 Å². The second-order valence-corrected chi connectivity index (χ2v) is 6.57. The quantitative estimate of drug-likeness (QED) is 0.728. The number of nitrogens with one attached hydrogen (secondary N) is 1. The molecule has 4 nitrogen and oxygen atoms in total. The van der Waals surface area contributed by atoms with Gasteiger partial charge in [-0.25, -0.2) is 0 Å². The van der Waals surface area contributed by atoms with E-state index in [4.69, 9.17) is 5.73 Å². The van der Waals surface area contributed by atoms with Gasteiger partial charge in [-0.05, 0) is 38.8 Å². The molecular weight excluding hydrogens is 214 g/mol. The zero-order valence-electron chi connectivity index (χ0n) is 11.7. The Morgan fingerprint density at radius 2 is 2.00 bits per heavy atom.